The zero-order valence-electron chi connectivity index (χ0n) is 10.7. The van der Waals surface area contributed by atoms with E-state index in [1.165, 1.54) is 35.4 Å². The van der Waals surface area contributed by atoms with Crippen LogP contribution in [-0.4, -0.2) is 4.98 Å². The maximum atomic E-state index is 4.91. The van der Waals surface area contributed by atoms with Gasteiger partial charge >= 0.3 is 0 Å². The molecule has 1 aromatic heterocycles. The molecular weight excluding hydrogens is 306 g/mol. The van der Waals surface area contributed by atoms with Gasteiger partial charge < -0.3 is 0 Å². The van der Waals surface area contributed by atoms with Crippen LogP contribution in [0.3, 0.4) is 0 Å². The first-order valence-electron chi connectivity index (χ1n) is 6.32. The second kappa shape index (κ2) is 4.46. The predicted molar refractivity (Wildman–Crippen MR) is 81.2 cm³/mol. The summed E-state index contributed by atoms with van der Waals surface area (Å²) in [5.41, 5.74) is 2.79. The lowest BCUT2D eigenvalue weighted by molar-refractivity contribution is 0.424. The summed E-state index contributed by atoms with van der Waals surface area (Å²) in [6.07, 6.45) is 3.74. The van der Waals surface area contributed by atoms with Gasteiger partial charge in [0.15, 0.2) is 0 Å². The van der Waals surface area contributed by atoms with E-state index in [4.69, 9.17) is 4.98 Å². The Bertz CT molecular complexity index is 586. The third-order valence-electron chi connectivity index (χ3n) is 3.62. The second-order valence-corrected chi connectivity index (χ2v) is 7.54. The van der Waals surface area contributed by atoms with Gasteiger partial charge in [-0.3, -0.25) is 0 Å². The molecule has 0 bridgehead atoms. The predicted octanol–water partition coefficient (Wildman–Crippen LogP) is 5.19. The molecule has 3 heteroatoms. The summed E-state index contributed by atoms with van der Waals surface area (Å²) in [5.74, 6) is 0. The molecule has 1 aliphatic rings. The Morgan fingerprint density at radius 3 is 2.89 bits per heavy atom. The summed E-state index contributed by atoms with van der Waals surface area (Å²) in [5, 5.41) is 1.16. The van der Waals surface area contributed by atoms with Gasteiger partial charge in [0, 0.05) is 20.3 Å². The third-order valence-corrected chi connectivity index (χ3v) is 5.27. The standard InChI is InChI=1S/C15H16BrNS/c1-15(2)8-4-7-12-13(15)17-14(18-12)10-5-3-6-11(16)9-10/h3,5-6,9H,4,7-8H2,1-2H3. The molecule has 0 saturated carbocycles. The average Bonchev–Trinajstić information content (AvgIpc) is 2.74. The Kier molecular flexibility index (Phi) is 3.07. The maximum Gasteiger partial charge on any atom is 0.123 e. The molecule has 0 radical (unpaired) electrons. The molecule has 0 aliphatic heterocycles. The number of nitrogens with zero attached hydrogens (tertiary/aromatic N) is 1. The van der Waals surface area contributed by atoms with Gasteiger partial charge in [0.25, 0.3) is 0 Å². The van der Waals surface area contributed by atoms with E-state index in [1.807, 2.05) is 11.3 Å². The summed E-state index contributed by atoms with van der Waals surface area (Å²) in [4.78, 5) is 6.40. The molecular formula is C15H16BrNS. The Labute approximate surface area is 120 Å². The highest BCUT2D eigenvalue weighted by Crippen LogP contribution is 2.41. The number of aromatic nitrogens is 1. The van der Waals surface area contributed by atoms with Gasteiger partial charge in [0.2, 0.25) is 0 Å². The SMILES string of the molecule is CC1(C)CCCc2sc(-c3cccc(Br)c3)nc21. The molecule has 3 rings (SSSR count). The Hall–Kier alpha value is -0.670. The topological polar surface area (TPSA) is 12.9 Å². The van der Waals surface area contributed by atoms with E-state index in [2.05, 4.69) is 54.0 Å². The summed E-state index contributed by atoms with van der Waals surface area (Å²) in [6.45, 7) is 4.63. The lowest BCUT2D eigenvalue weighted by atomic mass is 9.79. The molecule has 0 N–H and O–H groups in total. The fourth-order valence-electron chi connectivity index (χ4n) is 2.60. The van der Waals surface area contributed by atoms with Gasteiger partial charge in [-0.15, -0.1) is 11.3 Å². The molecule has 1 heterocycles. The minimum absolute atomic E-state index is 0.244. The highest BCUT2D eigenvalue weighted by atomic mass is 79.9. The van der Waals surface area contributed by atoms with E-state index in [0.717, 1.165) is 9.48 Å². The Balaban J connectivity index is 2.08. The Morgan fingerprint density at radius 1 is 1.33 bits per heavy atom. The second-order valence-electron chi connectivity index (χ2n) is 5.54. The zero-order chi connectivity index (χ0) is 12.8. The van der Waals surface area contributed by atoms with E-state index < -0.39 is 0 Å². The van der Waals surface area contributed by atoms with Crippen LogP contribution in [0.25, 0.3) is 10.6 Å². The molecule has 0 atom stereocenters. The smallest absolute Gasteiger partial charge is 0.123 e. The van der Waals surface area contributed by atoms with Crippen molar-refractivity contribution in [3.05, 3.63) is 39.3 Å². The van der Waals surface area contributed by atoms with Gasteiger partial charge in [-0.1, -0.05) is 41.9 Å². The summed E-state index contributed by atoms with van der Waals surface area (Å²) >= 11 is 5.40. The quantitative estimate of drug-likeness (QED) is 0.704. The molecule has 18 heavy (non-hydrogen) atoms. The van der Waals surface area contributed by atoms with Crippen molar-refractivity contribution in [2.75, 3.05) is 0 Å². The van der Waals surface area contributed by atoms with Crippen LogP contribution >= 0.6 is 27.3 Å². The van der Waals surface area contributed by atoms with Crippen molar-refractivity contribution in [1.82, 2.24) is 4.98 Å². The van der Waals surface area contributed by atoms with Crippen molar-refractivity contribution in [3.8, 4) is 10.6 Å². The van der Waals surface area contributed by atoms with Gasteiger partial charge in [-0.05, 0) is 31.4 Å². The lowest BCUT2D eigenvalue weighted by Crippen LogP contribution is -2.23. The summed E-state index contributed by atoms with van der Waals surface area (Å²) < 4.78 is 1.12. The lowest BCUT2D eigenvalue weighted by Gasteiger charge is -2.28. The van der Waals surface area contributed by atoms with E-state index in [9.17, 15) is 0 Å². The number of halogens is 1. The van der Waals surface area contributed by atoms with Crippen LogP contribution in [0.5, 0.6) is 0 Å². The first-order chi connectivity index (χ1) is 8.56. The molecule has 1 aromatic carbocycles. The first-order valence-corrected chi connectivity index (χ1v) is 7.93. The van der Waals surface area contributed by atoms with Gasteiger partial charge in [-0.2, -0.15) is 0 Å². The van der Waals surface area contributed by atoms with Crippen LogP contribution in [0.2, 0.25) is 0 Å². The van der Waals surface area contributed by atoms with Crippen molar-refractivity contribution in [3.63, 3.8) is 0 Å². The van der Waals surface area contributed by atoms with Crippen LogP contribution < -0.4 is 0 Å². The number of aryl methyl sites for hydroxylation is 1. The van der Waals surface area contributed by atoms with Gasteiger partial charge in [-0.25, -0.2) is 4.98 Å². The van der Waals surface area contributed by atoms with Crippen molar-refractivity contribution in [2.45, 2.75) is 38.5 Å². The fraction of sp³-hybridized carbons (Fsp3) is 0.400. The third kappa shape index (κ3) is 2.14. The van der Waals surface area contributed by atoms with Crippen molar-refractivity contribution in [1.29, 1.82) is 0 Å². The normalized spacial score (nSPS) is 17.5. The van der Waals surface area contributed by atoms with E-state index in [0.29, 0.717) is 0 Å². The highest BCUT2D eigenvalue weighted by molar-refractivity contribution is 9.10. The summed E-state index contributed by atoms with van der Waals surface area (Å²) in [6, 6.07) is 8.42. The molecule has 1 nitrogen and oxygen atoms in total. The molecule has 0 amide bonds. The van der Waals surface area contributed by atoms with Crippen molar-refractivity contribution < 1.29 is 0 Å². The highest BCUT2D eigenvalue weighted by Gasteiger charge is 2.31. The van der Waals surface area contributed by atoms with Crippen molar-refractivity contribution in [2.24, 2.45) is 0 Å². The van der Waals surface area contributed by atoms with Crippen molar-refractivity contribution >= 4 is 27.3 Å². The van der Waals surface area contributed by atoms with E-state index >= 15 is 0 Å². The number of hydrogen-bond acceptors (Lipinski definition) is 2. The zero-order valence-corrected chi connectivity index (χ0v) is 13.1. The molecule has 0 unspecified atom stereocenters. The van der Waals surface area contributed by atoms with Crippen LogP contribution in [0.1, 0.15) is 37.3 Å². The largest absolute Gasteiger partial charge is 0.240 e. The minimum Gasteiger partial charge on any atom is -0.240 e. The van der Waals surface area contributed by atoms with Crippen LogP contribution in [0.4, 0.5) is 0 Å². The van der Waals surface area contributed by atoms with Gasteiger partial charge in [0.05, 0.1) is 5.69 Å². The number of benzene rings is 1. The average molecular weight is 322 g/mol. The number of thiazole rings is 1. The van der Waals surface area contributed by atoms with Gasteiger partial charge in [0.1, 0.15) is 5.01 Å². The molecule has 94 valence electrons. The summed E-state index contributed by atoms with van der Waals surface area (Å²) in [7, 11) is 0. The number of hydrogen-bond donors (Lipinski definition) is 0. The Morgan fingerprint density at radius 2 is 2.17 bits per heavy atom. The van der Waals surface area contributed by atoms with Crippen LogP contribution in [0, 0.1) is 0 Å². The molecule has 0 spiro atoms. The first kappa shape index (κ1) is 12.4. The molecule has 0 fully saturated rings. The number of rotatable bonds is 1. The molecule has 0 saturated heterocycles. The van der Waals surface area contributed by atoms with E-state index in [1.54, 1.807) is 0 Å². The number of fused-ring (bicyclic) bond motifs is 1. The maximum absolute atomic E-state index is 4.91. The van der Waals surface area contributed by atoms with Crippen LogP contribution in [-0.2, 0) is 11.8 Å². The molecule has 1 aliphatic carbocycles. The van der Waals surface area contributed by atoms with E-state index in [-0.39, 0.29) is 5.41 Å². The van der Waals surface area contributed by atoms with Crippen LogP contribution in [0.15, 0.2) is 28.7 Å². The monoisotopic (exact) mass is 321 g/mol. The minimum atomic E-state index is 0.244. The molecule has 2 aromatic rings. The fourth-order valence-corrected chi connectivity index (χ4v) is 4.28.